The molecule has 0 aliphatic heterocycles. The molecule has 0 fully saturated rings. The van der Waals surface area contributed by atoms with Gasteiger partial charge in [0.15, 0.2) is 6.29 Å². The lowest BCUT2D eigenvalue weighted by Gasteiger charge is -2.09. The summed E-state index contributed by atoms with van der Waals surface area (Å²) in [6, 6.07) is 16.5. The van der Waals surface area contributed by atoms with Crippen LogP contribution in [0.2, 0.25) is 0 Å². The van der Waals surface area contributed by atoms with E-state index < -0.39 is 26.7 Å². The van der Waals surface area contributed by atoms with E-state index in [0.717, 1.165) is 23.8 Å². The quantitative estimate of drug-likeness (QED) is 0.0169. The minimum atomic E-state index is -0.645. The third kappa shape index (κ3) is 19.6. The Balaban J connectivity index is 0.000000459. The molecule has 4 aromatic rings. The zero-order valence-electron chi connectivity index (χ0n) is 38.7. The molecule has 364 valence electrons. The van der Waals surface area contributed by atoms with Crippen LogP contribution in [-0.4, -0.2) is 82.2 Å². The number of carbonyl (C=O) groups is 4. The van der Waals surface area contributed by atoms with Gasteiger partial charge in [-0.15, -0.1) is 0 Å². The summed E-state index contributed by atoms with van der Waals surface area (Å²) >= 11 is 0. The van der Waals surface area contributed by atoms with Gasteiger partial charge in [0.05, 0.1) is 71.6 Å². The molecule has 0 aliphatic rings. The normalized spacial score (nSPS) is 10.8. The molecule has 4 N–H and O–H groups in total. The van der Waals surface area contributed by atoms with Crippen LogP contribution < -0.4 is 15.2 Å². The van der Waals surface area contributed by atoms with E-state index in [4.69, 9.17) is 34.5 Å². The van der Waals surface area contributed by atoms with E-state index in [0.29, 0.717) is 77.7 Å². The van der Waals surface area contributed by atoms with Crippen LogP contribution in [-0.2, 0) is 28.6 Å². The number of rotatable bonds is 17. The van der Waals surface area contributed by atoms with Crippen LogP contribution in [0.3, 0.4) is 0 Å². The Morgan fingerprint density at radius 3 is 1.18 bits per heavy atom. The van der Waals surface area contributed by atoms with Crippen molar-refractivity contribution in [3.8, 4) is 23.0 Å². The highest BCUT2D eigenvalue weighted by molar-refractivity contribution is 5.94. The lowest BCUT2D eigenvalue weighted by atomic mass is 10.1. The Bertz CT molecular complexity index is 2510. The van der Waals surface area contributed by atoms with E-state index >= 15 is 0 Å². The van der Waals surface area contributed by atoms with E-state index in [-0.39, 0.29) is 46.7 Å². The van der Waals surface area contributed by atoms with Crippen molar-refractivity contribution in [1.82, 2.24) is 0 Å². The van der Waals surface area contributed by atoms with Crippen LogP contribution >= 0.6 is 0 Å². The number of aromatic hydroxyl groups is 2. The van der Waals surface area contributed by atoms with Crippen LogP contribution in [0, 0.1) is 30.3 Å². The highest BCUT2D eigenvalue weighted by atomic mass is 16.6. The first kappa shape index (κ1) is 57.4. The lowest BCUT2D eigenvalue weighted by Crippen LogP contribution is -2.05. The van der Waals surface area contributed by atoms with Crippen LogP contribution in [0.4, 0.5) is 22.7 Å². The van der Waals surface area contributed by atoms with Crippen molar-refractivity contribution in [1.29, 1.82) is 0 Å². The lowest BCUT2D eigenvalue weighted by molar-refractivity contribution is -0.385. The highest BCUT2D eigenvalue weighted by Crippen LogP contribution is 2.29. The summed E-state index contributed by atoms with van der Waals surface area (Å²) in [5.74, 6) is -0.834. The largest absolute Gasteiger partial charge is 0.507 e. The second-order valence-electron chi connectivity index (χ2n) is 13.4. The molecular weight excluding hydrogens is 893 g/mol. The summed E-state index contributed by atoms with van der Waals surface area (Å²) < 4.78 is 25.4. The number of aldehydes is 1. The molecule has 0 atom stereocenters. The summed E-state index contributed by atoms with van der Waals surface area (Å²) in [6.45, 7) is 15.6. The number of nitro groups is 3. The molecule has 0 spiro atoms. The van der Waals surface area contributed by atoms with Gasteiger partial charge in [0.25, 0.3) is 17.1 Å². The van der Waals surface area contributed by atoms with Crippen molar-refractivity contribution < 1.29 is 67.8 Å². The third-order valence-corrected chi connectivity index (χ3v) is 8.33. The predicted molar refractivity (Wildman–Crippen MR) is 252 cm³/mol. The second kappa shape index (κ2) is 29.8. The molecule has 0 radical (unpaired) electrons. The number of nitrogen functional groups attached to an aromatic ring is 1. The zero-order valence-corrected chi connectivity index (χ0v) is 38.7. The smallest absolute Gasteiger partial charge is 0.333 e. The van der Waals surface area contributed by atoms with E-state index in [1.807, 2.05) is 13.0 Å². The number of nitro benzene ring substituents is 3. The Morgan fingerprint density at radius 2 is 0.838 bits per heavy atom. The molecule has 0 heterocycles. The second-order valence-corrected chi connectivity index (χ2v) is 13.4. The number of ether oxygens (including phenoxy) is 5. The van der Waals surface area contributed by atoms with Gasteiger partial charge in [-0.05, 0) is 104 Å². The van der Waals surface area contributed by atoms with Crippen LogP contribution in [0.1, 0.15) is 82.4 Å². The molecule has 0 bridgehead atoms. The maximum absolute atomic E-state index is 11.6. The standard InChI is InChI=1S/C14H17NO5.C14H19NO3.C12H13NO5.C7H5NO4/c1-4-19-13-9-12(15(17)18)7-6-11(13)8-10(3)14(16)20-5-2;1-4-17-13-9-12(15)7-6-11(13)8-10(3)14(16)18-5-2;1-3-18-12(15)8(2)6-9-4-5-10(13(16)17)7-11(9)14;9-4-5-1-2-6(8(11)12)3-7(5)10/h6-9H,4-5H2,1-3H3;6-9H,4-5,15H2,1-3H3;4-7,14H,3H2,1-2H3;1-4,10H/b2*10-8+;8-6+;. The van der Waals surface area contributed by atoms with Gasteiger partial charge in [-0.2, -0.15) is 0 Å². The number of carbonyl (C=O) groups excluding carboxylic acids is 4. The minimum absolute atomic E-state index is 0.0422. The summed E-state index contributed by atoms with van der Waals surface area (Å²) in [7, 11) is 0. The summed E-state index contributed by atoms with van der Waals surface area (Å²) in [5.41, 5.74) is 8.85. The van der Waals surface area contributed by atoms with Crippen molar-refractivity contribution >= 4 is 65.2 Å². The minimum Gasteiger partial charge on any atom is -0.507 e. The maximum Gasteiger partial charge on any atom is 0.333 e. The Kier molecular flexibility index (Phi) is 25.1. The van der Waals surface area contributed by atoms with E-state index in [9.17, 15) is 54.6 Å². The number of benzene rings is 4. The molecule has 0 aromatic heterocycles. The van der Waals surface area contributed by atoms with Crippen LogP contribution in [0.15, 0.2) is 89.5 Å². The molecule has 68 heavy (non-hydrogen) atoms. The topological polar surface area (TPSA) is 310 Å². The number of anilines is 1. The molecule has 0 saturated carbocycles. The van der Waals surface area contributed by atoms with Gasteiger partial charge in [-0.1, -0.05) is 0 Å². The van der Waals surface area contributed by atoms with E-state index in [1.54, 1.807) is 78.8 Å². The first-order valence-electron chi connectivity index (χ1n) is 20.6. The van der Waals surface area contributed by atoms with E-state index in [2.05, 4.69) is 0 Å². The van der Waals surface area contributed by atoms with Gasteiger partial charge in [0.1, 0.15) is 23.0 Å². The zero-order chi connectivity index (χ0) is 51.5. The molecule has 0 saturated heterocycles. The maximum atomic E-state index is 11.6. The number of phenolic OH excluding ortho intramolecular Hbond substituents is 2. The van der Waals surface area contributed by atoms with Crippen molar-refractivity contribution in [2.45, 2.75) is 55.4 Å². The molecule has 0 unspecified atom stereocenters. The first-order valence-corrected chi connectivity index (χ1v) is 20.6. The van der Waals surface area contributed by atoms with Crippen molar-refractivity contribution in [2.24, 2.45) is 0 Å². The molecule has 0 aliphatic carbocycles. The number of nitrogens with zero attached hydrogens (tertiary/aromatic N) is 3. The van der Waals surface area contributed by atoms with Crippen molar-refractivity contribution in [3.05, 3.63) is 142 Å². The fourth-order valence-corrected chi connectivity index (χ4v) is 5.11. The SMILES string of the molecule is CCOC(=O)/C(C)=C/c1ccc(N)cc1OCC.CCOC(=O)/C(C)=C/c1ccc([N+](=O)[O-])cc1O.CCOC(=O)/C(C)=C/c1ccc([N+](=O)[O-])cc1OCC.O=Cc1ccc([N+](=O)[O-])cc1O. The van der Waals surface area contributed by atoms with Gasteiger partial charge in [-0.3, -0.25) is 35.1 Å². The summed E-state index contributed by atoms with van der Waals surface area (Å²) in [4.78, 5) is 74.3. The summed E-state index contributed by atoms with van der Waals surface area (Å²) in [5, 5.41) is 50.0. The Labute approximate surface area is 391 Å². The molecule has 4 aromatic carbocycles. The third-order valence-electron chi connectivity index (χ3n) is 8.33. The fraction of sp³-hybridized carbons (Fsp3) is 0.277. The molecule has 0 amide bonds. The number of hydrogen-bond acceptors (Lipinski definition) is 18. The van der Waals surface area contributed by atoms with Gasteiger partial charge >= 0.3 is 17.9 Å². The highest BCUT2D eigenvalue weighted by Gasteiger charge is 2.14. The Morgan fingerprint density at radius 1 is 0.515 bits per heavy atom. The molecule has 4 rings (SSSR count). The average Bonchev–Trinajstić information content (AvgIpc) is 3.29. The average molecular weight is 947 g/mol. The van der Waals surface area contributed by atoms with Crippen molar-refractivity contribution in [3.63, 3.8) is 0 Å². The van der Waals surface area contributed by atoms with E-state index in [1.165, 1.54) is 36.4 Å². The number of nitrogens with two attached hydrogens (primary N) is 1. The van der Waals surface area contributed by atoms with Gasteiger partial charge in [0, 0.05) is 63.4 Å². The Hall–Kier alpha value is -8.62. The van der Waals surface area contributed by atoms with Gasteiger partial charge in [-0.25, -0.2) is 14.4 Å². The number of phenols is 2. The fourth-order valence-electron chi connectivity index (χ4n) is 5.11. The molecule has 21 nitrogen and oxygen atoms in total. The monoisotopic (exact) mass is 946 g/mol. The molecular formula is C47H54N4O17. The van der Waals surface area contributed by atoms with Gasteiger partial charge < -0.3 is 39.6 Å². The molecule has 21 heteroatoms. The summed E-state index contributed by atoms with van der Waals surface area (Å²) in [6.07, 6.45) is 5.17. The van der Waals surface area contributed by atoms with Gasteiger partial charge in [0.2, 0.25) is 0 Å². The number of esters is 3. The number of hydrogen-bond donors (Lipinski definition) is 3. The van der Waals surface area contributed by atoms with Crippen molar-refractivity contribution in [2.75, 3.05) is 38.8 Å². The number of non-ortho nitro benzene ring substituents is 3. The predicted octanol–water partition coefficient (Wildman–Crippen LogP) is 8.97. The first-order chi connectivity index (χ1) is 32.2. The van der Waals surface area contributed by atoms with Crippen LogP contribution in [0.25, 0.3) is 18.2 Å². The van der Waals surface area contributed by atoms with Crippen LogP contribution in [0.5, 0.6) is 23.0 Å².